The number of aromatic nitrogens is 4. The highest BCUT2D eigenvalue weighted by molar-refractivity contribution is 6.31. The minimum absolute atomic E-state index is 0.0223. The van der Waals surface area contributed by atoms with Gasteiger partial charge in [-0.05, 0) is 67.1 Å². The molecule has 0 bridgehead atoms. The SMILES string of the molecule is CCC(C(=O)c1ccc(Cl)cc1)n1ncn(-c2ccc(N3CCN(C(=O)c4ccc(Cl)cc4)CC3)nc2)c1=O. The summed E-state index contributed by atoms with van der Waals surface area (Å²) in [6, 6.07) is 16.4. The van der Waals surface area contributed by atoms with Gasteiger partial charge in [0, 0.05) is 47.4 Å². The average molecular weight is 565 g/mol. The van der Waals surface area contributed by atoms with Gasteiger partial charge in [0.05, 0.1) is 11.9 Å². The van der Waals surface area contributed by atoms with Gasteiger partial charge in [0.1, 0.15) is 18.2 Å². The molecule has 0 N–H and O–H groups in total. The molecule has 1 amide bonds. The minimum atomic E-state index is -0.737. The maximum absolute atomic E-state index is 13.2. The van der Waals surface area contributed by atoms with Crippen LogP contribution >= 0.6 is 23.2 Å². The van der Waals surface area contributed by atoms with Gasteiger partial charge in [-0.2, -0.15) is 5.10 Å². The number of anilines is 1. The van der Waals surface area contributed by atoms with Gasteiger partial charge in [0.2, 0.25) is 0 Å². The van der Waals surface area contributed by atoms with Crippen LogP contribution < -0.4 is 10.6 Å². The first-order chi connectivity index (χ1) is 18.9. The Morgan fingerprint density at radius 3 is 2.05 bits per heavy atom. The van der Waals surface area contributed by atoms with Crippen LogP contribution in [0.5, 0.6) is 0 Å². The summed E-state index contributed by atoms with van der Waals surface area (Å²) < 4.78 is 2.58. The predicted molar refractivity (Wildman–Crippen MR) is 150 cm³/mol. The fraction of sp³-hybridized carbons (Fsp3) is 0.250. The minimum Gasteiger partial charge on any atom is -0.353 e. The Labute approximate surface area is 235 Å². The van der Waals surface area contributed by atoms with E-state index in [1.54, 1.807) is 60.8 Å². The van der Waals surface area contributed by atoms with Crippen LogP contribution in [0, 0.1) is 0 Å². The van der Waals surface area contributed by atoms with Gasteiger partial charge >= 0.3 is 5.69 Å². The van der Waals surface area contributed by atoms with Crippen molar-refractivity contribution in [3.05, 3.63) is 105 Å². The third-order valence-electron chi connectivity index (χ3n) is 6.80. The van der Waals surface area contributed by atoms with Crippen LogP contribution in [0.15, 0.2) is 78.0 Å². The number of piperazine rings is 1. The fourth-order valence-electron chi connectivity index (χ4n) is 4.60. The molecule has 1 saturated heterocycles. The van der Waals surface area contributed by atoms with Crippen LogP contribution in [0.4, 0.5) is 5.82 Å². The highest BCUT2D eigenvalue weighted by Gasteiger charge is 2.25. The summed E-state index contributed by atoms with van der Waals surface area (Å²) in [5.74, 6) is 0.525. The first kappa shape index (κ1) is 26.6. The number of ketones is 1. The molecule has 5 rings (SSSR count). The summed E-state index contributed by atoms with van der Waals surface area (Å²) in [6.45, 7) is 4.24. The van der Waals surface area contributed by atoms with Crippen molar-refractivity contribution in [1.82, 2.24) is 24.2 Å². The average Bonchev–Trinajstić information content (AvgIpc) is 3.34. The van der Waals surface area contributed by atoms with Gasteiger partial charge in [0.25, 0.3) is 5.91 Å². The molecule has 0 spiro atoms. The number of benzene rings is 2. The summed E-state index contributed by atoms with van der Waals surface area (Å²) in [4.78, 5) is 47.5. The number of Topliss-reactive ketones (excluding diaryl/α,β-unsaturated/α-hetero) is 1. The zero-order valence-electron chi connectivity index (χ0n) is 21.2. The van der Waals surface area contributed by atoms with E-state index < -0.39 is 11.7 Å². The molecular weight excluding hydrogens is 539 g/mol. The first-order valence-electron chi connectivity index (χ1n) is 12.6. The van der Waals surface area contributed by atoms with Gasteiger partial charge < -0.3 is 9.80 Å². The lowest BCUT2D eigenvalue weighted by molar-refractivity contribution is 0.0746. The monoisotopic (exact) mass is 564 g/mol. The Hall–Kier alpha value is -3.95. The van der Waals surface area contributed by atoms with Crippen molar-refractivity contribution in [1.29, 1.82) is 0 Å². The van der Waals surface area contributed by atoms with Gasteiger partial charge in [-0.3, -0.25) is 9.59 Å². The number of amides is 1. The molecule has 0 saturated carbocycles. The standard InChI is InChI=1S/C28H26Cl2N6O3/c1-2-24(26(37)19-3-7-21(29)8-4-19)36-28(39)35(18-32-36)23-11-12-25(31-17-23)33-13-15-34(16-14-33)27(38)20-5-9-22(30)10-6-20/h3-12,17-18,24H,2,13-16H2,1H3. The predicted octanol–water partition coefficient (Wildman–Crippen LogP) is 4.53. The second kappa shape index (κ2) is 11.4. The Balaban J connectivity index is 1.26. The summed E-state index contributed by atoms with van der Waals surface area (Å²) >= 11 is 11.9. The van der Waals surface area contributed by atoms with E-state index in [0.717, 1.165) is 5.82 Å². The molecule has 3 heterocycles. The second-order valence-electron chi connectivity index (χ2n) is 9.18. The number of hydrogen-bond donors (Lipinski definition) is 0. The molecule has 9 nitrogen and oxygen atoms in total. The van der Waals surface area contributed by atoms with Gasteiger partial charge in [-0.25, -0.2) is 19.0 Å². The Bertz CT molecular complexity index is 1520. The molecule has 1 aliphatic rings. The van der Waals surface area contributed by atoms with Crippen LogP contribution in [0.1, 0.15) is 40.1 Å². The van der Waals surface area contributed by atoms with E-state index in [4.69, 9.17) is 23.2 Å². The van der Waals surface area contributed by atoms with Gasteiger partial charge in [0.15, 0.2) is 5.78 Å². The van der Waals surface area contributed by atoms with E-state index in [-0.39, 0.29) is 11.7 Å². The first-order valence-corrected chi connectivity index (χ1v) is 13.3. The van der Waals surface area contributed by atoms with Crippen LogP contribution in [-0.4, -0.2) is 62.1 Å². The number of carbonyl (C=O) groups is 2. The van der Waals surface area contributed by atoms with Crippen molar-refractivity contribution in [2.75, 3.05) is 31.1 Å². The second-order valence-corrected chi connectivity index (χ2v) is 10.1. The highest BCUT2D eigenvalue weighted by atomic mass is 35.5. The fourth-order valence-corrected chi connectivity index (χ4v) is 4.86. The number of halogens is 2. The molecule has 1 atom stereocenters. The lowest BCUT2D eigenvalue weighted by Crippen LogP contribution is -2.49. The molecule has 1 fully saturated rings. The van der Waals surface area contributed by atoms with E-state index >= 15 is 0 Å². The van der Waals surface area contributed by atoms with E-state index in [0.29, 0.717) is 59.5 Å². The molecule has 2 aromatic heterocycles. The summed E-state index contributed by atoms with van der Waals surface area (Å²) in [7, 11) is 0. The normalized spacial score (nSPS) is 14.3. The van der Waals surface area contributed by atoms with Crippen LogP contribution in [-0.2, 0) is 0 Å². The maximum atomic E-state index is 13.2. The number of carbonyl (C=O) groups excluding carboxylic acids is 2. The van der Waals surface area contributed by atoms with Crippen molar-refractivity contribution in [3.8, 4) is 5.69 Å². The lowest BCUT2D eigenvalue weighted by atomic mass is 10.0. The third kappa shape index (κ3) is 5.60. The molecule has 39 heavy (non-hydrogen) atoms. The van der Waals surface area contributed by atoms with Gasteiger partial charge in [-0.15, -0.1) is 0 Å². The molecule has 2 aromatic carbocycles. The zero-order chi connectivity index (χ0) is 27.5. The molecule has 200 valence electrons. The van der Waals surface area contributed by atoms with Crippen molar-refractivity contribution >= 4 is 40.7 Å². The highest BCUT2D eigenvalue weighted by Crippen LogP contribution is 2.20. The number of pyridine rings is 1. The molecule has 0 radical (unpaired) electrons. The zero-order valence-corrected chi connectivity index (χ0v) is 22.7. The summed E-state index contributed by atoms with van der Waals surface area (Å²) in [6.07, 6.45) is 3.41. The topological polar surface area (TPSA) is 93.3 Å². The molecule has 11 heteroatoms. The Morgan fingerprint density at radius 2 is 1.49 bits per heavy atom. The van der Waals surface area contributed by atoms with E-state index in [2.05, 4.69) is 15.0 Å². The van der Waals surface area contributed by atoms with Crippen molar-refractivity contribution in [3.63, 3.8) is 0 Å². The largest absolute Gasteiger partial charge is 0.353 e. The van der Waals surface area contributed by atoms with Gasteiger partial charge in [-0.1, -0.05) is 30.1 Å². The maximum Gasteiger partial charge on any atom is 0.351 e. The third-order valence-corrected chi connectivity index (χ3v) is 7.30. The van der Waals surface area contributed by atoms with Crippen LogP contribution in [0.2, 0.25) is 10.0 Å². The number of rotatable bonds is 7. The quantitative estimate of drug-likeness (QED) is 0.306. The van der Waals surface area contributed by atoms with Crippen molar-refractivity contribution in [2.45, 2.75) is 19.4 Å². The Kier molecular flexibility index (Phi) is 7.81. The van der Waals surface area contributed by atoms with Crippen molar-refractivity contribution in [2.24, 2.45) is 0 Å². The van der Waals surface area contributed by atoms with E-state index in [1.807, 2.05) is 17.9 Å². The number of nitrogens with zero attached hydrogens (tertiary/aromatic N) is 6. The van der Waals surface area contributed by atoms with Crippen molar-refractivity contribution < 1.29 is 9.59 Å². The molecule has 1 unspecified atom stereocenters. The molecule has 4 aromatic rings. The van der Waals surface area contributed by atoms with E-state index in [1.165, 1.54) is 15.6 Å². The lowest BCUT2D eigenvalue weighted by Gasteiger charge is -2.35. The van der Waals surface area contributed by atoms with E-state index in [9.17, 15) is 14.4 Å². The van der Waals surface area contributed by atoms with Crippen LogP contribution in [0.3, 0.4) is 0 Å². The Morgan fingerprint density at radius 1 is 0.872 bits per heavy atom. The molecule has 0 aliphatic carbocycles. The summed E-state index contributed by atoms with van der Waals surface area (Å²) in [5.41, 5.74) is 1.20. The van der Waals surface area contributed by atoms with Crippen LogP contribution in [0.25, 0.3) is 5.69 Å². The molecule has 1 aliphatic heterocycles. The number of hydrogen-bond acceptors (Lipinski definition) is 6. The smallest absolute Gasteiger partial charge is 0.351 e. The summed E-state index contributed by atoms with van der Waals surface area (Å²) in [5, 5.41) is 5.36. The molecular formula is C28H26Cl2N6O3.